The molecule has 1 amide bonds. The summed E-state index contributed by atoms with van der Waals surface area (Å²) in [5, 5.41) is 6.07. The Morgan fingerprint density at radius 1 is 1.56 bits per heavy atom. The maximum Gasteiger partial charge on any atom is 0.242 e. The van der Waals surface area contributed by atoms with Gasteiger partial charge in [-0.05, 0) is 32.8 Å². The lowest BCUT2D eigenvalue weighted by molar-refractivity contribution is -0.121. The fourth-order valence-electron chi connectivity index (χ4n) is 1.57. The Morgan fingerprint density at radius 2 is 2.33 bits per heavy atom. The van der Waals surface area contributed by atoms with E-state index in [1.807, 2.05) is 19.9 Å². The van der Waals surface area contributed by atoms with Gasteiger partial charge in [-0.3, -0.25) is 4.79 Å². The molecule has 0 aliphatic heterocycles. The van der Waals surface area contributed by atoms with Crippen LogP contribution in [0.4, 0.5) is 5.69 Å². The van der Waals surface area contributed by atoms with Crippen molar-refractivity contribution in [2.45, 2.75) is 38.8 Å². The van der Waals surface area contributed by atoms with E-state index in [9.17, 15) is 4.79 Å². The van der Waals surface area contributed by atoms with Gasteiger partial charge in [0.05, 0.1) is 18.5 Å². The highest BCUT2D eigenvalue weighted by Gasteiger charge is 2.25. The molecule has 1 aliphatic rings. The molecule has 0 bridgehead atoms. The predicted octanol–water partition coefficient (Wildman–Crippen LogP) is 1.56. The standard InChI is InChI=1S/C13H19N3O2/c1-3-18-12-7-6-11(8-14-12)15-9(2)13(17)16-10-4-5-10/h6-10,15H,3-5H2,1-2H3,(H,16,17). The van der Waals surface area contributed by atoms with Gasteiger partial charge in [-0.2, -0.15) is 0 Å². The normalized spacial score (nSPS) is 15.9. The van der Waals surface area contributed by atoms with Crippen LogP contribution >= 0.6 is 0 Å². The van der Waals surface area contributed by atoms with Gasteiger partial charge < -0.3 is 15.4 Å². The number of aromatic nitrogens is 1. The summed E-state index contributed by atoms with van der Waals surface area (Å²) >= 11 is 0. The van der Waals surface area contributed by atoms with Crippen molar-refractivity contribution in [3.8, 4) is 5.88 Å². The van der Waals surface area contributed by atoms with Crippen molar-refractivity contribution >= 4 is 11.6 Å². The Morgan fingerprint density at radius 3 is 2.89 bits per heavy atom. The van der Waals surface area contributed by atoms with Crippen LogP contribution in [0.15, 0.2) is 18.3 Å². The van der Waals surface area contributed by atoms with E-state index in [1.54, 1.807) is 12.3 Å². The molecule has 1 saturated carbocycles. The largest absolute Gasteiger partial charge is 0.478 e. The smallest absolute Gasteiger partial charge is 0.242 e. The topological polar surface area (TPSA) is 63.2 Å². The fourth-order valence-corrected chi connectivity index (χ4v) is 1.57. The van der Waals surface area contributed by atoms with E-state index in [-0.39, 0.29) is 11.9 Å². The van der Waals surface area contributed by atoms with Gasteiger partial charge in [-0.25, -0.2) is 4.98 Å². The number of rotatable bonds is 6. The van der Waals surface area contributed by atoms with Gasteiger partial charge in [0.2, 0.25) is 11.8 Å². The highest BCUT2D eigenvalue weighted by atomic mass is 16.5. The molecule has 1 fully saturated rings. The Labute approximate surface area is 107 Å². The summed E-state index contributed by atoms with van der Waals surface area (Å²) in [5.74, 6) is 0.629. The van der Waals surface area contributed by atoms with Gasteiger partial charge in [0, 0.05) is 12.1 Å². The van der Waals surface area contributed by atoms with Crippen LogP contribution in [0.2, 0.25) is 0 Å². The zero-order valence-corrected chi connectivity index (χ0v) is 10.8. The number of nitrogens with one attached hydrogen (secondary N) is 2. The van der Waals surface area contributed by atoms with Crippen LogP contribution in [-0.2, 0) is 4.79 Å². The van der Waals surface area contributed by atoms with Crippen LogP contribution in [0.5, 0.6) is 5.88 Å². The van der Waals surface area contributed by atoms with Crippen molar-refractivity contribution in [2.75, 3.05) is 11.9 Å². The highest BCUT2D eigenvalue weighted by molar-refractivity contribution is 5.84. The monoisotopic (exact) mass is 249 g/mol. The second kappa shape index (κ2) is 5.71. The van der Waals surface area contributed by atoms with E-state index in [2.05, 4.69) is 15.6 Å². The Kier molecular flexibility index (Phi) is 4.02. The first-order valence-corrected chi connectivity index (χ1v) is 6.35. The van der Waals surface area contributed by atoms with Gasteiger partial charge in [-0.1, -0.05) is 0 Å². The molecule has 2 rings (SSSR count). The number of hydrogen-bond acceptors (Lipinski definition) is 4. The maximum absolute atomic E-state index is 11.7. The van der Waals surface area contributed by atoms with E-state index in [1.165, 1.54) is 0 Å². The van der Waals surface area contributed by atoms with Gasteiger partial charge in [-0.15, -0.1) is 0 Å². The van der Waals surface area contributed by atoms with Crippen molar-refractivity contribution in [1.82, 2.24) is 10.3 Å². The van der Waals surface area contributed by atoms with Crippen LogP contribution in [0.1, 0.15) is 26.7 Å². The summed E-state index contributed by atoms with van der Waals surface area (Å²) in [4.78, 5) is 15.9. The third-order valence-electron chi connectivity index (χ3n) is 2.73. The zero-order chi connectivity index (χ0) is 13.0. The lowest BCUT2D eigenvalue weighted by Gasteiger charge is -2.14. The minimum Gasteiger partial charge on any atom is -0.478 e. The van der Waals surface area contributed by atoms with Gasteiger partial charge in [0.1, 0.15) is 6.04 Å². The van der Waals surface area contributed by atoms with E-state index >= 15 is 0 Å². The molecule has 2 N–H and O–H groups in total. The quantitative estimate of drug-likeness (QED) is 0.803. The molecule has 1 aromatic rings. The molecule has 1 unspecified atom stereocenters. The molecule has 5 heteroatoms. The third kappa shape index (κ3) is 3.61. The van der Waals surface area contributed by atoms with Crippen molar-refractivity contribution in [3.63, 3.8) is 0 Å². The first kappa shape index (κ1) is 12.7. The molecule has 1 heterocycles. The molecule has 18 heavy (non-hydrogen) atoms. The average molecular weight is 249 g/mol. The molecule has 98 valence electrons. The number of hydrogen-bond donors (Lipinski definition) is 2. The van der Waals surface area contributed by atoms with E-state index in [4.69, 9.17) is 4.74 Å². The maximum atomic E-state index is 11.7. The highest BCUT2D eigenvalue weighted by Crippen LogP contribution is 2.19. The molecule has 0 saturated heterocycles. The Bertz CT molecular complexity index is 401. The lowest BCUT2D eigenvalue weighted by Crippen LogP contribution is -2.38. The Hall–Kier alpha value is -1.78. The number of amides is 1. The van der Waals surface area contributed by atoms with Crippen molar-refractivity contribution in [1.29, 1.82) is 0 Å². The summed E-state index contributed by atoms with van der Waals surface area (Å²) in [6.07, 6.45) is 3.87. The van der Waals surface area contributed by atoms with Crippen molar-refractivity contribution in [2.24, 2.45) is 0 Å². The second-order valence-electron chi connectivity index (χ2n) is 4.47. The van der Waals surface area contributed by atoms with Gasteiger partial charge in [0.25, 0.3) is 0 Å². The van der Waals surface area contributed by atoms with Gasteiger partial charge in [0.15, 0.2) is 0 Å². The minimum atomic E-state index is -0.259. The molecular weight excluding hydrogens is 230 g/mol. The summed E-state index contributed by atoms with van der Waals surface area (Å²) in [5.41, 5.74) is 0.817. The number of carbonyl (C=O) groups is 1. The molecular formula is C13H19N3O2. The van der Waals surface area contributed by atoms with Crippen LogP contribution in [0.25, 0.3) is 0 Å². The number of carbonyl (C=O) groups excluding carboxylic acids is 1. The van der Waals surface area contributed by atoms with Crippen molar-refractivity contribution < 1.29 is 9.53 Å². The predicted molar refractivity (Wildman–Crippen MR) is 69.7 cm³/mol. The van der Waals surface area contributed by atoms with Crippen LogP contribution < -0.4 is 15.4 Å². The number of nitrogens with zero attached hydrogens (tertiary/aromatic N) is 1. The minimum absolute atomic E-state index is 0.0337. The van der Waals surface area contributed by atoms with Gasteiger partial charge >= 0.3 is 0 Å². The summed E-state index contributed by atoms with van der Waals surface area (Å²) in [6, 6.07) is 3.78. The molecule has 1 aliphatic carbocycles. The molecule has 5 nitrogen and oxygen atoms in total. The van der Waals surface area contributed by atoms with Crippen LogP contribution in [0.3, 0.4) is 0 Å². The number of ether oxygens (including phenoxy) is 1. The number of pyridine rings is 1. The molecule has 0 spiro atoms. The summed E-state index contributed by atoms with van der Waals surface area (Å²) in [6.45, 7) is 4.35. The van der Waals surface area contributed by atoms with Crippen LogP contribution in [-0.4, -0.2) is 29.6 Å². The second-order valence-corrected chi connectivity index (χ2v) is 4.47. The molecule has 0 radical (unpaired) electrons. The van der Waals surface area contributed by atoms with E-state index in [0.29, 0.717) is 18.5 Å². The summed E-state index contributed by atoms with van der Waals surface area (Å²) in [7, 11) is 0. The molecule has 0 aromatic carbocycles. The summed E-state index contributed by atoms with van der Waals surface area (Å²) < 4.78 is 5.26. The van der Waals surface area contributed by atoms with Crippen LogP contribution in [0, 0.1) is 0 Å². The average Bonchev–Trinajstić information content (AvgIpc) is 3.16. The van der Waals surface area contributed by atoms with Crippen molar-refractivity contribution in [3.05, 3.63) is 18.3 Å². The third-order valence-corrected chi connectivity index (χ3v) is 2.73. The first-order chi connectivity index (χ1) is 8.69. The Balaban J connectivity index is 1.85. The van der Waals surface area contributed by atoms with E-state index in [0.717, 1.165) is 18.5 Å². The first-order valence-electron chi connectivity index (χ1n) is 6.35. The van der Waals surface area contributed by atoms with E-state index < -0.39 is 0 Å². The zero-order valence-electron chi connectivity index (χ0n) is 10.8. The number of anilines is 1. The molecule has 1 atom stereocenters. The SMILES string of the molecule is CCOc1ccc(NC(C)C(=O)NC2CC2)cn1. The fraction of sp³-hybridized carbons (Fsp3) is 0.538. The lowest BCUT2D eigenvalue weighted by atomic mass is 10.3. The molecule has 1 aromatic heterocycles.